The lowest BCUT2D eigenvalue weighted by Gasteiger charge is -2.18. The largest absolute Gasteiger partial charge is 0.496 e. The van der Waals surface area contributed by atoms with Gasteiger partial charge in [-0.15, -0.1) is 0 Å². The summed E-state index contributed by atoms with van der Waals surface area (Å²) >= 11 is 0. The highest BCUT2D eigenvalue weighted by Gasteiger charge is 2.37. The van der Waals surface area contributed by atoms with Crippen molar-refractivity contribution >= 4 is 5.91 Å². The first-order valence-electron chi connectivity index (χ1n) is 8.47. The van der Waals surface area contributed by atoms with Gasteiger partial charge in [-0.25, -0.2) is 0 Å². The molecule has 4 nitrogen and oxygen atoms in total. The zero-order valence-electron chi connectivity index (χ0n) is 13.9. The molecule has 24 heavy (non-hydrogen) atoms. The van der Waals surface area contributed by atoms with E-state index in [1.165, 1.54) is 11.1 Å². The topological polar surface area (TPSA) is 41.6 Å². The van der Waals surface area contributed by atoms with Crippen molar-refractivity contribution in [1.82, 2.24) is 10.2 Å². The van der Waals surface area contributed by atoms with Crippen LogP contribution in [0.5, 0.6) is 5.75 Å². The second-order valence-corrected chi connectivity index (χ2v) is 6.67. The fourth-order valence-electron chi connectivity index (χ4n) is 4.07. The number of para-hydroxylation sites is 1. The number of carbonyl (C=O) groups is 1. The van der Waals surface area contributed by atoms with Crippen molar-refractivity contribution in [1.29, 1.82) is 0 Å². The molecule has 2 aliphatic heterocycles. The zero-order valence-corrected chi connectivity index (χ0v) is 13.9. The van der Waals surface area contributed by atoms with Crippen LogP contribution in [0.2, 0.25) is 0 Å². The number of amides is 1. The fourth-order valence-corrected chi connectivity index (χ4v) is 4.07. The first-order valence-corrected chi connectivity index (χ1v) is 8.47. The molecule has 1 N–H and O–H groups in total. The summed E-state index contributed by atoms with van der Waals surface area (Å²) in [5.41, 5.74) is 3.25. The van der Waals surface area contributed by atoms with Gasteiger partial charge in [0.25, 0.3) is 5.91 Å². The van der Waals surface area contributed by atoms with Crippen molar-refractivity contribution in [2.75, 3.05) is 26.7 Å². The molecule has 0 unspecified atom stereocenters. The Bertz CT molecular complexity index is 759. The fraction of sp³-hybridized carbons (Fsp3) is 0.350. The Hall–Kier alpha value is -2.33. The van der Waals surface area contributed by atoms with E-state index in [9.17, 15) is 4.79 Å². The van der Waals surface area contributed by atoms with E-state index in [-0.39, 0.29) is 5.91 Å². The number of ether oxygens (including phenoxy) is 1. The zero-order chi connectivity index (χ0) is 16.5. The van der Waals surface area contributed by atoms with Gasteiger partial charge < -0.3 is 10.1 Å². The molecule has 2 atom stereocenters. The molecule has 2 aromatic carbocycles. The predicted molar refractivity (Wildman–Crippen MR) is 93.3 cm³/mol. The third kappa shape index (κ3) is 2.67. The number of hydrogen-bond acceptors (Lipinski definition) is 3. The number of fused-ring (bicyclic) bond motifs is 3. The van der Waals surface area contributed by atoms with E-state index >= 15 is 0 Å². The molecule has 4 heteroatoms. The lowest BCUT2D eigenvalue weighted by molar-refractivity contribution is 0.0951. The van der Waals surface area contributed by atoms with Crippen LogP contribution in [0.1, 0.15) is 27.4 Å². The number of rotatable bonds is 3. The average Bonchev–Trinajstić information content (AvgIpc) is 2.97. The van der Waals surface area contributed by atoms with Crippen LogP contribution in [-0.4, -0.2) is 37.6 Å². The van der Waals surface area contributed by atoms with Crippen LogP contribution in [0.4, 0.5) is 0 Å². The highest BCUT2D eigenvalue weighted by atomic mass is 16.5. The SMILES string of the molecule is COc1ccccc1CN1C[C@H]2CNC(=O)c3ccccc3[C@@H]2C1. The van der Waals surface area contributed by atoms with E-state index in [1.54, 1.807) is 7.11 Å². The van der Waals surface area contributed by atoms with E-state index in [0.29, 0.717) is 11.8 Å². The lowest BCUT2D eigenvalue weighted by atomic mass is 9.87. The minimum atomic E-state index is 0.0660. The second kappa shape index (κ2) is 6.29. The van der Waals surface area contributed by atoms with Crippen LogP contribution in [0, 0.1) is 5.92 Å². The van der Waals surface area contributed by atoms with Gasteiger partial charge in [0.1, 0.15) is 5.75 Å². The van der Waals surface area contributed by atoms with E-state index in [2.05, 4.69) is 28.4 Å². The molecule has 2 aliphatic rings. The molecule has 2 aromatic rings. The number of benzene rings is 2. The van der Waals surface area contributed by atoms with Gasteiger partial charge in [0.15, 0.2) is 0 Å². The number of hydrogen-bond donors (Lipinski definition) is 1. The standard InChI is InChI=1S/C20H22N2O2/c1-24-19-9-5-2-6-14(19)11-22-12-15-10-21-20(23)17-8-4-3-7-16(17)18(15)13-22/h2-9,15,18H,10-13H2,1H3,(H,21,23)/t15-,18-/m1/s1. The summed E-state index contributed by atoms with van der Waals surface area (Å²) in [7, 11) is 1.72. The summed E-state index contributed by atoms with van der Waals surface area (Å²) in [4.78, 5) is 14.7. The Morgan fingerprint density at radius 1 is 1.12 bits per heavy atom. The second-order valence-electron chi connectivity index (χ2n) is 6.67. The number of methoxy groups -OCH3 is 1. The van der Waals surface area contributed by atoms with E-state index < -0.39 is 0 Å². The van der Waals surface area contributed by atoms with Crippen LogP contribution in [0.3, 0.4) is 0 Å². The van der Waals surface area contributed by atoms with Gasteiger partial charge in [0.2, 0.25) is 0 Å². The smallest absolute Gasteiger partial charge is 0.251 e. The van der Waals surface area contributed by atoms with Crippen molar-refractivity contribution in [2.24, 2.45) is 5.92 Å². The first-order chi connectivity index (χ1) is 11.8. The normalized spacial score (nSPS) is 23.1. The Labute approximate surface area is 142 Å². The van der Waals surface area contributed by atoms with Crippen LogP contribution in [-0.2, 0) is 6.54 Å². The Morgan fingerprint density at radius 2 is 1.92 bits per heavy atom. The molecule has 124 valence electrons. The maximum atomic E-state index is 12.3. The van der Waals surface area contributed by atoms with Gasteiger partial charge in [-0.1, -0.05) is 36.4 Å². The van der Waals surface area contributed by atoms with Gasteiger partial charge in [-0.3, -0.25) is 9.69 Å². The molecule has 1 amide bonds. The van der Waals surface area contributed by atoms with Crippen LogP contribution in [0.25, 0.3) is 0 Å². The van der Waals surface area contributed by atoms with Crippen molar-refractivity contribution in [3.63, 3.8) is 0 Å². The third-order valence-corrected chi connectivity index (χ3v) is 5.23. The van der Waals surface area contributed by atoms with E-state index in [1.807, 2.05) is 30.3 Å². The summed E-state index contributed by atoms with van der Waals surface area (Å²) in [5.74, 6) is 1.89. The van der Waals surface area contributed by atoms with Crippen molar-refractivity contribution < 1.29 is 9.53 Å². The Balaban J connectivity index is 1.58. The third-order valence-electron chi connectivity index (χ3n) is 5.23. The van der Waals surface area contributed by atoms with Gasteiger partial charge >= 0.3 is 0 Å². The molecule has 0 aliphatic carbocycles. The van der Waals surface area contributed by atoms with Crippen molar-refractivity contribution in [2.45, 2.75) is 12.5 Å². The van der Waals surface area contributed by atoms with Gasteiger partial charge in [-0.05, 0) is 23.6 Å². The number of nitrogens with zero attached hydrogens (tertiary/aromatic N) is 1. The molecule has 1 fully saturated rings. The predicted octanol–water partition coefficient (Wildman–Crippen LogP) is 2.65. The van der Waals surface area contributed by atoms with Crippen LogP contribution >= 0.6 is 0 Å². The van der Waals surface area contributed by atoms with Crippen LogP contribution in [0.15, 0.2) is 48.5 Å². The van der Waals surface area contributed by atoms with Crippen molar-refractivity contribution in [3.05, 3.63) is 65.2 Å². The summed E-state index contributed by atoms with van der Waals surface area (Å²) in [6, 6.07) is 16.2. The maximum absolute atomic E-state index is 12.3. The average molecular weight is 322 g/mol. The van der Waals surface area contributed by atoms with E-state index in [0.717, 1.165) is 37.5 Å². The molecule has 0 aromatic heterocycles. The minimum Gasteiger partial charge on any atom is -0.496 e. The van der Waals surface area contributed by atoms with Gasteiger partial charge in [0.05, 0.1) is 7.11 Å². The van der Waals surface area contributed by atoms with Gasteiger partial charge in [0, 0.05) is 43.2 Å². The minimum absolute atomic E-state index is 0.0660. The molecule has 0 saturated carbocycles. The van der Waals surface area contributed by atoms with E-state index in [4.69, 9.17) is 4.74 Å². The monoisotopic (exact) mass is 322 g/mol. The Kier molecular flexibility index (Phi) is 3.98. The molecule has 0 bridgehead atoms. The molecule has 1 saturated heterocycles. The lowest BCUT2D eigenvalue weighted by Crippen LogP contribution is -2.29. The molecule has 0 spiro atoms. The summed E-state index contributed by atoms with van der Waals surface area (Å²) in [5, 5.41) is 3.09. The molecular formula is C20H22N2O2. The molecule has 0 radical (unpaired) electrons. The van der Waals surface area contributed by atoms with Crippen LogP contribution < -0.4 is 10.1 Å². The highest BCUT2D eigenvalue weighted by molar-refractivity contribution is 5.96. The van der Waals surface area contributed by atoms with Crippen molar-refractivity contribution in [3.8, 4) is 5.75 Å². The molecule has 2 heterocycles. The first kappa shape index (κ1) is 15.2. The number of nitrogens with one attached hydrogen (secondary N) is 1. The molecular weight excluding hydrogens is 300 g/mol. The number of likely N-dealkylation sites (tertiary alicyclic amines) is 1. The summed E-state index contributed by atoms with van der Waals surface area (Å²) in [6.07, 6.45) is 0. The van der Waals surface area contributed by atoms with Gasteiger partial charge in [-0.2, -0.15) is 0 Å². The number of carbonyl (C=O) groups excluding carboxylic acids is 1. The maximum Gasteiger partial charge on any atom is 0.251 e. The Morgan fingerprint density at radius 3 is 2.79 bits per heavy atom. The summed E-state index contributed by atoms with van der Waals surface area (Å²) < 4.78 is 5.48. The quantitative estimate of drug-likeness (QED) is 0.944. The highest BCUT2D eigenvalue weighted by Crippen LogP contribution is 2.37. The molecule has 4 rings (SSSR count). The summed E-state index contributed by atoms with van der Waals surface area (Å²) in [6.45, 7) is 3.61.